The lowest BCUT2D eigenvalue weighted by Gasteiger charge is -2.27. The Morgan fingerprint density at radius 3 is 2.53 bits per heavy atom. The maximum Gasteiger partial charge on any atom is 0.239 e. The zero-order chi connectivity index (χ0) is 13.0. The van der Waals surface area contributed by atoms with Crippen LogP contribution in [0.3, 0.4) is 0 Å². The lowest BCUT2D eigenvalue weighted by Crippen LogP contribution is -2.50. The average Bonchev–Trinajstić information content (AvgIpc) is 2.61. The van der Waals surface area contributed by atoms with Crippen LogP contribution in [-0.2, 0) is 9.53 Å². The van der Waals surface area contributed by atoms with Gasteiger partial charge in [-0.25, -0.2) is 0 Å². The molecule has 1 rings (SSSR count). The van der Waals surface area contributed by atoms with E-state index in [4.69, 9.17) is 4.74 Å². The third kappa shape index (κ3) is 4.28. The highest BCUT2D eigenvalue weighted by molar-refractivity contribution is 5.81. The van der Waals surface area contributed by atoms with Crippen LogP contribution in [0.5, 0.6) is 0 Å². The van der Waals surface area contributed by atoms with Gasteiger partial charge in [-0.1, -0.05) is 13.8 Å². The number of hydrogen-bond donors (Lipinski definition) is 1. The van der Waals surface area contributed by atoms with E-state index in [0.29, 0.717) is 12.0 Å². The Labute approximate surface area is 105 Å². The van der Waals surface area contributed by atoms with Crippen molar-refractivity contribution in [2.75, 3.05) is 20.7 Å². The Hall–Kier alpha value is -0.610. The lowest BCUT2D eigenvalue weighted by molar-refractivity contribution is -0.131. The van der Waals surface area contributed by atoms with Crippen molar-refractivity contribution in [2.45, 2.75) is 51.8 Å². The van der Waals surface area contributed by atoms with Crippen LogP contribution in [-0.4, -0.2) is 49.7 Å². The molecule has 1 amide bonds. The molecule has 0 aromatic rings. The van der Waals surface area contributed by atoms with Gasteiger partial charge < -0.3 is 15.0 Å². The molecule has 0 bridgehead atoms. The van der Waals surface area contributed by atoms with Gasteiger partial charge in [-0.3, -0.25) is 4.79 Å². The fourth-order valence-electron chi connectivity index (χ4n) is 2.23. The summed E-state index contributed by atoms with van der Waals surface area (Å²) >= 11 is 0. The lowest BCUT2D eigenvalue weighted by atomic mass is 10.0. The molecule has 1 aliphatic rings. The van der Waals surface area contributed by atoms with Gasteiger partial charge in [0.1, 0.15) is 0 Å². The Balaban J connectivity index is 2.59. The zero-order valence-corrected chi connectivity index (χ0v) is 11.7. The van der Waals surface area contributed by atoms with Crippen LogP contribution in [0, 0.1) is 5.92 Å². The minimum atomic E-state index is -0.0841. The van der Waals surface area contributed by atoms with Gasteiger partial charge in [0.25, 0.3) is 0 Å². The quantitative estimate of drug-likeness (QED) is 0.789. The summed E-state index contributed by atoms with van der Waals surface area (Å²) in [7, 11) is 3.62. The molecule has 4 heteroatoms. The summed E-state index contributed by atoms with van der Waals surface area (Å²) in [6.07, 6.45) is 2.08. The predicted molar refractivity (Wildman–Crippen MR) is 68.9 cm³/mol. The molecule has 0 spiro atoms. The molecule has 100 valence electrons. The third-order valence-corrected chi connectivity index (χ3v) is 3.24. The van der Waals surface area contributed by atoms with Crippen LogP contribution in [0.1, 0.15) is 33.6 Å². The molecule has 17 heavy (non-hydrogen) atoms. The van der Waals surface area contributed by atoms with E-state index in [0.717, 1.165) is 19.4 Å². The number of nitrogens with zero attached hydrogens (tertiary/aromatic N) is 1. The summed E-state index contributed by atoms with van der Waals surface area (Å²) in [6.45, 7) is 7.15. The molecular weight excluding hydrogens is 216 g/mol. The summed E-state index contributed by atoms with van der Waals surface area (Å²) in [4.78, 5) is 13.8. The van der Waals surface area contributed by atoms with Crippen LogP contribution in [0.2, 0.25) is 0 Å². The van der Waals surface area contributed by atoms with E-state index in [1.54, 1.807) is 4.90 Å². The number of ether oxygens (including phenoxy) is 1. The van der Waals surface area contributed by atoms with Crippen molar-refractivity contribution in [3.8, 4) is 0 Å². The second-order valence-corrected chi connectivity index (χ2v) is 5.55. The summed E-state index contributed by atoms with van der Waals surface area (Å²) in [5.74, 6) is 0.673. The Morgan fingerprint density at radius 2 is 2.12 bits per heavy atom. The van der Waals surface area contributed by atoms with Crippen LogP contribution in [0.25, 0.3) is 0 Å². The molecule has 1 N–H and O–H groups in total. The number of carbonyl (C=O) groups is 1. The number of amides is 1. The Kier molecular flexibility index (Phi) is 5.40. The van der Waals surface area contributed by atoms with Crippen molar-refractivity contribution in [3.63, 3.8) is 0 Å². The molecule has 1 saturated heterocycles. The summed E-state index contributed by atoms with van der Waals surface area (Å²) in [5, 5.41) is 3.46. The van der Waals surface area contributed by atoms with Gasteiger partial charge in [0.2, 0.25) is 5.91 Å². The number of carbonyl (C=O) groups excluding carboxylic acids is 1. The van der Waals surface area contributed by atoms with Gasteiger partial charge in [-0.2, -0.15) is 0 Å². The Morgan fingerprint density at radius 1 is 1.47 bits per heavy atom. The number of hydrogen-bond acceptors (Lipinski definition) is 3. The van der Waals surface area contributed by atoms with Gasteiger partial charge in [-0.05, 0) is 25.7 Å². The van der Waals surface area contributed by atoms with Crippen molar-refractivity contribution in [2.24, 2.45) is 5.92 Å². The first-order chi connectivity index (χ1) is 7.91. The maximum atomic E-state index is 12.1. The van der Waals surface area contributed by atoms with Gasteiger partial charge in [-0.15, -0.1) is 0 Å². The van der Waals surface area contributed by atoms with E-state index in [2.05, 4.69) is 26.1 Å². The van der Waals surface area contributed by atoms with Gasteiger partial charge in [0.15, 0.2) is 0 Å². The minimum Gasteiger partial charge on any atom is -0.377 e. The minimum absolute atomic E-state index is 0.0841. The fraction of sp³-hybridized carbons (Fsp3) is 0.923. The van der Waals surface area contributed by atoms with Crippen molar-refractivity contribution in [1.82, 2.24) is 10.2 Å². The van der Waals surface area contributed by atoms with E-state index in [1.165, 1.54) is 0 Å². The molecule has 3 unspecified atom stereocenters. The second-order valence-electron chi connectivity index (χ2n) is 5.55. The highest BCUT2D eigenvalue weighted by Gasteiger charge is 2.30. The molecule has 0 radical (unpaired) electrons. The van der Waals surface area contributed by atoms with Crippen molar-refractivity contribution in [1.29, 1.82) is 0 Å². The molecule has 3 atom stereocenters. The number of rotatable bonds is 5. The predicted octanol–water partition coefficient (Wildman–Crippen LogP) is 1.26. The van der Waals surface area contributed by atoms with Crippen LogP contribution in [0.4, 0.5) is 0 Å². The molecule has 0 aliphatic carbocycles. The SMILES string of the molecule is CC(C)CC(NC1CCOC1C)C(=O)N(C)C. The molecule has 0 aromatic heterocycles. The molecule has 1 heterocycles. The third-order valence-electron chi connectivity index (χ3n) is 3.24. The van der Waals surface area contributed by atoms with Crippen LogP contribution >= 0.6 is 0 Å². The monoisotopic (exact) mass is 242 g/mol. The number of nitrogens with one attached hydrogen (secondary N) is 1. The van der Waals surface area contributed by atoms with E-state index in [-0.39, 0.29) is 18.1 Å². The summed E-state index contributed by atoms with van der Waals surface area (Å²) < 4.78 is 5.52. The normalized spacial score (nSPS) is 26.2. The highest BCUT2D eigenvalue weighted by Crippen LogP contribution is 2.16. The zero-order valence-electron chi connectivity index (χ0n) is 11.7. The first kappa shape index (κ1) is 14.5. The first-order valence-corrected chi connectivity index (χ1v) is 6.50. The van der Waals surface area contributed by atoms with Gasteiger partial charge in [0, 0.05) is 26.7 Å². The van der Waals surface area contributed by atoms with Crippen molar-refractivity contribution < 1.29 is 9.53 Å². The highest BCUT2D eigenvalue weighted by atomic mass is 16.5. The average molecular weight is 242 g/mol. The maximum absolute atomic E-state index is 12.1. The molecule has 4 nitrogen and oxygen atoms in total. The van der Waals surface area contributed by atoms with Gasteiger partial charge >= 0.3 is 0 Å². The number of likely N-dealkylation sites (N-methyl/N-ethyl adjacent to an activating group) is 1. The molecule has 0 saturated carbocycles. The fourth-order valence-corrected chi connectivity index (χ4v) is 2.23. The van der Waals surface area contributed by atoms with Crippen LogP contribution in [0.15, 0.2) is 0 Å². The van der Waals surface area contributed by atoms with E-state index >= 15 is 0 Å². The van der Waals surface area contributed by atoms with Crippen molar-refractivity contribution in [3.05, 3.63) is 0 Å². The van der Waals surface area contributed by atoms with Crippen molar-refractivity contribution >= 4 is 5.91 Å². The second kappa shape index (κ2) is 6.36. The topological polar surface area (TPSA) is 41.6 Å². The summed E-state index contributed by atoms with van der Waals surface area (Å²) in [5.41, 5.74) is 0. The Bertz CT molecular complexity index is 254. The smallest absolute Gasteiger partial charge is 0.239 e. The molecular formula is C13H26N2O2. The van der Waals surface area contributed by atoms with Gasteiger partial charge in [0.05, 0.1) is 12.1 Å². The van der Waals surface area contributed by atoms with E-state index in [9.17, 15) is 4.79 Å². The standard InChI is InChI=1S/C13H26N2O2/c1-9(2)8-12(13(16)15(4)5)14-11-6-7-17-10(11)3/h9-12,14H,6-8H2,1-5H3. The first-order valence-electron chi connectivity index (χ1n) is 6.50. The van der Waals surface area contributed by atoms with Crippen LogP contribution < -0.4 is 5.32 Å². The molecule has 1 aliphatic heterocycles. The molecule has 1 fully saturated rings. The largest absolute Gasteiger partial charge is 0.377 e. The van der Waals surface area contributed by atoms with E-state index in [1.807, 2.05) is 14.1 Å². The molecule has 0 aromatic carbocycles. The van der Waals surface area contributed by atoms with E-state index < -0.39 is 0 Å². The summed E-state index contributed by atoms with van der Waals surface area (Å²) in [6, 6.07) is 0.224.